The van der Waals surface area contributed by atoms with E-state index in [1.165, 1.54) is 7.11 Å². The van der Waals surface area contributed by atoms with Crippen molar-refractivity contribution in [1.29, 1.82) is 0 Å². The van der Waals surface area contributed by atoms with Gasteiger partial charge in [0.05, 0.1) is 7.11 Å². The van der Waals surface area contributed by atoms with Gasteiger partial charge in [0, 0.05) is 0 Å². The van der Waals surface area contributed by atoms with Gasteiger partial charge in [0.25, 0.3) is 0 Å². The molecule has 0 radical (unpaired) electrons. The van der Waals surface area contributed by atoms with Crippen molar-refractivity contribution in [2.45, 2.75) is 12.7 Å². The van der Waals surface area contributed by atoms with Gasteiger partial charge in [-0.2, -0.15) is 13.2 Å². The molecule has 0 aliphatic carbocycles. The van der Waals surface area contributed by atoms with E-state index in [4.69, 9.17) is 11.6 Å². The molecule has 0 amide bonds. The maximum absolute atomic E-state index is 11.9. The summed E-state index contributed by atoms with van der Waals surface area (Å²) in [7, 11) is 1.19. The number of aromatic nitrogens is 3. The normalized spacial score (nSPS) is 11.8. The van der Waals surface area contributed by atoms with E-state index in [1.807, 2.05) is 0 Å². The van der Waals surface area contributed by atoms with Crippen LogP contribution in [0.2, 0.25) is 5.28 Å². The van der Waals surface area contributed by atoms with Crippen LogP contribution in [0, 0.1) is 0 Å². The fourth-order valence-corrected chi connectivity index (χ4v) is 0.904. The molecule has 0 aromatic carbocycles. The third kappa shape index (κ3) is 2.48. The number of alkyl halides is 3. The molecular formula is C5H5ClF3N3O. The third-order valence-electron chi connectivity index (χ3n) is 1.19. The van der Waals surface area contributed by atoms with Crippen molar-refractivity contribution in [2.75, 3.05) is 7.11 Å². The van der Waals surface area contributed by atoms with E-state index >= 15 is 0 Å². The van der Waals surface area contributed by atoms with Crippen molar-refractivity contribution in [3.8, 4) is 6.01 Å². The number of ether oxygens (including phenoxy) is 1. The number of halogens is 4. The Morgan fingerprint density at radius 3 is 2.54 bits per heavy atom. The molecule has 0 bridgehead atoms. The summed E-state index contributed by atoms with van der Waals surface area (Å²) in [4.78, 5) is 0. The lowest BCUT2D eigenvalue weighted by molar-refractivity contribution is -0.141. The van der Waals surface area contributed by atoms with Crippen molar-refractivity contribution in [3.05, 3.63) is 5.28 Å². The van der Waals surface area contributed by atoms with Gasteiger partial charge < -0.3 is 4.74 Å². The van der Waals surface area contributed by atoms with Gasteiger partial charge in [-0.25, -0.2) is 0 Å². The topological polar surface area (TPSA) is 39.9 Å². The average Bonchev–Trinajstić information content (AvgIpc) is 2.30. The Bertz CT molecular complexity index is 298. The number of hydrogen-bond acceptors (Lipinski definition) is 3. The molecule has 0 unspecified atom stereocenters. The number of nitrogens with zero attached hydrogens (tertiary/aromatic N) is 3. The first-order valence-corrected chi connectivity index (χ1v) is 3.51. The summed E-state index contributed by atoms with van der Waals surface area (Å²) < 4.78 is 40.9. The van der Waals surface area contributed by atoms with Gasteiger partial charge in [0.15, 0.2) is 0 Å². The van der Waals surface area contributed by atoms with Gasteiger partial charge in [-0.05, 0) is 11.6 Å². The summed E-state index contributed by atoms with van der Waals surface area (Å²) >= 11 is 5.34. The van der Waals surface area contributed by atoms with E-state index in [9.17, 15) is 13.2 Å². The SMILES string of the molecule is COc1nnc(Cl)n1CC(F)(F)F. The molecule has 13 heavy (non-hydrogen) atoms. The summed E-state index contributed by atoms with van der Waals surface area (Å²) in [5.74, 6) is 0. The number of hydrogen-bond donors (Lipinski definition) is 0. The van der Waals surface area contributed by atoms with Crippen LogP contribution in [0.25, 0.3) is 0 Å². The zero-order valence-corrected chi connectivity index (χ0v) is 7.22. The van der Waals surface area contributed by atoms with Gasteiger partial charge in [-0.1, -0.05) is 5.10 Å². The predicted octanol–water partition coefficient (Wildman–Crippen LogP) is 1.50. The van der Waals surface area contributed by atoms with Crippen molar-refractivity contribution in [2.24, 2.45) is 0 Å². The lowest BCUT2D eigenvalue weighted by Gasteiger charge is -2.08. The second-order valence-electron chi connectivity index (χ2n) is 2.16. The molecule has 4 nitrogen and oxygen atoms in total. The van der Waals surface area contributed by atoms with Gasteiger partial charge in [0.2, 0.25) is 5.28 Å². The fourth-order valence-electron chi connectivity index (χ4n) is 0.734. The quantitative estimate of drug-likeness (QED) is 0.751. The third-order valence-corrected chi connectivity index (χ3v) is 1.47. The minimum atomic E-state index is -4.38. The molecule has 0 fully saturated rings. The lowest BCUT2D eigenvalue weighted by atomic mass is 10.6. The van der Waals surface area contributed by atoms with E-state index in [0.29, 0.717) is 4.57 Å². The molecule has 0 aliphatic rings. The average molecular weight is 216 g/mol. The zero-order valence-electron chi connectivity index (χ0n) is 6.47. The Morgan fingerprint density at radius 2 is 2.08 bits per heavy atom. The van der Waals surface area contributed by atoms with Crippen LogP contribution in [-0.2, 0) is 6.54 Å². The summed E-state index contributed by atoms with van der Waals surface area (Å²) in [6, 6.07) is -0.262. The van der Waals surface area contributed by atoms with Crippen molar-refractivity contribution >= 4 is 11.6 Å². The van der Waals surface area contributed by atoms with Crippen LogP contribution in [0.1, 0.15) is 0 Å². The van der Waals surface area contributed by atoms with Gasteiger partial charge in [0.1, 0.15) is 6.54 Å². The number of methoxy groups -OCH3 is 1. The van der Waals surface area contributed by atoms with E-state index < -0.39 is 12.7 Å². The second kappa shape index (κ2) is 3.41. The second-order valence-corrected chi connectivity index (χ2v) is 2.50. The lowest BCUT2D eigenvalue weighted by Crippen LogP contribution is -2.18. The predicted molar refractivity (Wildman–Crippen MR) is 37.6 cm³/mol. The van der Waals surface area contributed by atoms with E-state index in [0.717, 1.165) is 0 Å². The van der Waals surface area contributed by atoms with Crippen LogP contribution in [0.5, 0.6) is 6.01 Å². The molecule has 0 saturated carbocycles. The molecule has 0 N–H and O–H groups in total. The Hall–Kier alpha value is -0.980. The first-order chi connectivity index (χ1) is 5.94. The molecule has 0 saturated heterocycles. The van der Waals surface area contributed by atoms with Crippen molar-refractivity contribution in [3.63, 3.8) is 0 Å². The Morgan fingerprint density at radius 1 is 1.46 bits per heavy atom. The molecule has 0 atom stereocenters. The monoisotopic (exact) mass is 215 g/mol. The van der Waals surface area contributed by atoms with Gasteiger partial charge >= 0.3 is 12.2 Å². The molecule has 0 spiro atoms. The first-order valence-electron chi connectivity index (χ1n) is 3.13. The Kier molecular flexibility index (Phi) is 2.65. The van der Waals surface area contributed by atoms with Crippen molar-refractivity contribution in [1.82, 2.24) is 14.8 Å². The summed E-state index contributed by atoms with van der Waals surface area (Å²) in [5, 5.41) is 6.15. The van der Waals surface area contributed by atoms with E-state index in [2.05, 4.69) is 14.9 Å². The standard InChI is InChI=1S/C5H5ClF3N3O/c1-13-4-11-10-3(6)12(4)2-5(7,8)9/h2H2,1H3. The molecule has 0 aliphatic heterocycles. The highest BCUT2D eigenvalue weighted by atomic mass is 35.5. The summed E-state index contributed by atoms with van der Waals surface area (Å²) in [5.41, 5.74) is 0. The maximum Gasteiger partial charge on any atom is 0.406 e. The van der Waals surface area contributed by atoms with Crippen LogP contribution in [-0.4, -0.2) is 28.1 Å². The fraction of sp³-hybridized carbons (Fsp3) is 0.600. The van der Waals surface area contributed by atoms with Crippen LogP contribution in [0.15, 0.2) is 0 Å². The zero-order chi connectivity index (χ0) is 10.1. The Labute approximate surface area is 76.3 Å². The minimum Gasteiger partial charge on any atom is -0.467 e. The highest BCUT2D eigenvalue weighted by Gasteiger charge is 2.31. The van der Waals surface area contributed by atoms with E-state index in [-0.39, 0.29) is 11.3 Å². The maximum atomic E-state index is 11.9. The highest BCUT2D eigenvalue weighted by molar-refractivity contribution is 6.28. The molecule has 1 aromatic rings. The van der Waals surface area contributed by atoms with E-state index in [1.54, 1.807) is 0 Å². The molecule has 1 heterocycles. The molecule has 1 aromatic heterocycles. The van der Waals surface area contributed by atoms with Crippen LogP contribution in [0.3, 0.4) is 0 Å². The first kappa shape index (κ1) is 10.1. The molecule has 8 heteroatoms. The number of rotatable bonds is 2. The Balaban J connectivity index is 2.92. The molecular weight excluding hydrogens is 211 g/mol. The summed E-state index contributed by atoms with van der Waals surface area (Å²) in [6.45, 7) is -1.26. The van der Waals surface area contributed by atoms with Crippen LogP contribution in [0.4, 0.5) is 13.2 Å². The summed E-state index contributed by atoms with van der Waals surface area (Å²) in [6.07, 6.45) is -4.38. The van der Waals surface area contributed by atoms with Gasteiger partial charge in [-0.3, -0.25) is 4.57 Å². The highest BCUT2D eigenvalue weighted by Crippen LogP contribution is 2.23. The molecule has 1 rings (SSSR count). The smallest absolute Gasteiger partial charge is 0.406 e. The van der Waals surface area contributed by atoms with Crippen LogP contribution >= 0.6 is 11.6 Å². The molecule has 74 valence electrons. The van der Waals surface area contributed by atoms with Crippen LogP contribution < -0.4 is 4.74 Å². The largest absolute Gasteiger partial charge is 0.467 e. The minimum absolute atomic E-state index is 0.262. The van der Waals surface area contributed by atoms with Gasteiger partial charge in [-0.15, -0.1) is 5.10 Å². The van der Waals surface area contributed by atoms with Crippen molar-refractivity contribution < 1.29 is 17.9 Å².